The van der Waals surface area contributed by atoms with Gasteiger partial charge in [-0.2, -0.15) is 0 Å². The summed E-state index contributed by atoms with van der Waals surface area (Å²) in [6.07, 6.45) is 0.206. The Kier molecular flexibility index (Phi) is 6.07. The van der Waals surface area contributed by atoms with Crippen LogP contribution in [-0.4, -0.2) is 24.1 Å². The molecule has 0 aliphatic rings. The molecule has 0 fully saturated rings. The van der Waals surface area contributed by atoms with E-state index in [2.05, 4.69) is 0 Å². The maximum Gasteiger partial charge on any atom is 0.316 e. The van der Waals surface area contributed by atoms with E-state index < -0.39 is 11.9 Å². The third kappa shape index (κ3) is 6.87. The van der Waals surface area contributed by atoms with Crippen LogP contribution < -0.4 is 0 Å². The topological polar surface area (TPSA) is 60.4 Å². The van der Waals surface area contributed by atoms with Gasteiger partial charge in [0.05, 0.1) is 6.61 Å². The fraction of sp³-hybridized carbons (Fsp3) is 0.769. The Labute approximate surface area is 103 Å². The molecule has 0 aliphatic carbocycles. The van der Waals surface area contributed by atoms with Gasteiger partial charge in [0.15, 0.2) is 0 Å². The average Bonchev–Trinajstić information content (AvgIpc) is 2.11. The molecule has 4 heteroatoms. The summed E-state index contributed by atoms with van der Waals surface area (Å²) >= 11 is 0. The zero-order chi connectivity index (χ0) is 13.6. The molecule has 0 spiro atoms. The molecule has 0 bridgehead atoms. The third-order valence-electron chi connectivity index (χ3n) is 2.16. The largest absolute Gasteiger partial charge is 0.465 e. The summed E-state index contributed by atoms with van der Waals surface area (Å²) in [7, 11) is 0. The van der Waals surface area contributed by atoms with E-state index in [0.717, 1.165) is 0 Å². The summed E-state index contributed by atoms with van der Waals surface area (Å²) < 4.78 is 4.83. The Bertz CT molecular complexity index is 299. The van der Waals surface area contributed by atoms with Crippen molar-refractivity contribution in [2.75, 3.05) is 6.61 Å². The van der Waals surface area contributed by atoms with Crippen LogP contribution in [0.25, 0.3) is 0 Å². The number of ether oxygens (including phenoxy) is 1. The number of esters is 1. The van der Waals surface area contributed by atoms with Crippen LogP contribution in [0, 0.1) is 11.3 Å². The maximum absolute atomic E-state index is 12.0. The molecular weight excluding hydrogens is 220 g/mol. The van der Waals surface area contributed by atoms with Crippen LogP contribution in [0.5, 0.6) is 0 Å². The summed E-state index contributed by atoms with van der Waals surface area (Å²) in [5.41, 5.74) is -0.196. The molecule has 0 N–H and O–H groups in total. The predicted molar refractivity (Wildman–Crippen MR) is 64.5 cm³/mol. The van der Waals surface area contributed by atoms with Crippen molar-refractivity contribution in [2.24, 2.45) is 11.3 Å². The summed E-state index contributed by atoms with van der Waals surface area (Å²) in [6, 6.07) is 0. The van der Waals surface area contributed by atoms with Gasteiger partial charge in [0, 0.05) is 12.8 Å². The molecule has 98 valence electrons. The van der Waals surface area contributed by atoms with Crippen LogP contribution >= 0.6 is 0 Å². The van der Waals surface area contributed by atoms with Gasteiger partial charge in [-0.15, -0.1) is 0 Å². The number of hydrogen-bond acceptors (Lipinski definition) is 4. The minimum Gasteiger partial charge on any atom is -0.465 e. The standard InChI is InChI=1S/C13H22O4/c1-6-17-12(16)10(7-9(2)14)11(15)8-13(3,4)5/h10H,6-8H2,1-5H3. The minimum atomic E-state index is -0.938. The molecule has 0 radical (unpaired) electrons. The lowest BCUT2D eigenvalue weighted by molar-refractivity contribution is -0.153. The minimum absolute atomic E-state index is 0.0618. The smallest absolute Gasteiger partial charge is 0.316 e. The number of carbonyl (C=O) groups is 3. The quantitative estimate of drug-likeness (QED) is 0.529. The Morgan fingerprint density at radius 1 is 1.18 bits per heavy atom. The fourth-order valence-electron chi connectivity index (χ4n) is 1.50. The highest BCUT2D eigenvalue weighted by atomic mass is 16.5. The van der Waals surface area contributed by atoms with Gasteiger partial charge in [-0.05, 0) is 19.3 Å². The van der Waals surface area contributed by atoms with Gasteiger partial charge in [0.2, 0.25) is 0 Å². The SMILES string of the molecule is CCOC(=O)C(CC(C)=O)C(=O)CC(C)(C)C. The Morgan fingerprint density at radius 2 is 1.71 bits per heavy atom. The second-order valence-electron chi connectivity index (χ2n) is 5.41. The van der Waals surface area contributed by atoms with E-state index in [9.17, 15) is 14.4 Å². The van der Waals surface area contributed by atoms with Gasteiger partial charge in [-0.1, -0.05) is 20.8 Å². The van der Waals surface area contributed by atoms with Gasteiger partial charge >= 0.3 is 5.97 Å². The first-order chi connectivity index (χ1) is 7.67. The van der Waals surface area contributed by atoms with E-state index >= 15 is 0 Å². The Balaban J connectivity index is 4.73. The molecule has 0 saturated carbocycles. The lowest BCUT2D eigenvalue weighted by atomic mass is 9.84. The van der Waals surface area contributed by atoms with E-state index in [1.54, 1.807) is 6.92 Å². The highest BCUT2D eigenvalue weighted by molar-refractivity contribution is 6.02. The van der Waals surface area contributed by atoms with Gasteiger partial charge in [0.1, 0.15) is 17.5 Å². The lowest BCUT2D eigenvalue weighted by Gasteiger charge is -2.20. The van der Waals surface area contributed by atoms with Crippen LogP contribution in [0.2, 0.25) is 0 Å². The van der Waals surface area contributed by atoms with Crippen molar-refractivity contribution in [3.8, 4) is 0 Å². The highest BCUT2D eigenvalue weighted by Gasteiger charge is 2.31. The number of ketones is 2. The van der Waals surface area contributed by atoms with Crippen LogP contribution in [0.1, 0.15) is 47.5 Å². The normalized spacial score (nSPS) is 13.0. The van der Waals surface area contributed by atoms with E-state index in [1.165, 1.54) is 6.92 Å². The molecule has 1 atom stereocenters. The van der Waals surface area contributed by atoms with Crippen molar-refractivity contribution in [3.05, 3.63) is 0 Å². The van der Waals surface area contributed by atoms with Crippen molar-refractivity contribution in [1.29, 1.82) is 0 Å². The second-order valence-corrected chi connectivity index (χ2v) is 5.41. The first kappa shape index (κ1) is 15.8. The lowest BCUT2D eigenvalue weighted by Crippen LogP contribution is -2.30. The van der Waals surface area contributed by atoms with Crippen LogP contribution in [0.4, 0.5) is 0 Å². The fourth-order valence-corrected chi connectivity index (χ4v) is 1.50. The summed E-state index contributed by atoms with van der Waals surface area (Å²) in [5, 5.41) is 0. The molecule has 0 heterocycles. The Morgan fingerprint density at radius 3 is 2.06 bits per heavy atom. The first-order valence-electron chi connectivity index (χ1n) is 5.86. The zero-order valence-electron chi connectivity index (χ0n) is 11.3. The van der Waals surface area contributed by atoms with E-state index in [-0.39, 0.29) is 36.4 Å². The van der Waals surface area contributed by atoms with Crippen molar-refractivity contribution in [3.63, 3.8) is 0 Å². The second kappa shape index (κ2) is 6.52. The third-order valence-corrected chi connectivity index (χ3v) is 2.16. The molecular formula is C13H22O4. The van der Waals surface area contributed by atoms with Gasteiger partial charge in [0.25, 0.3) is 0 Å². The van der Waals surface area contributed by atoms with E-state index in [4.69, 9.17) is 4.74 Å². The first-order valence-corrected chi connectivity index (χ1v) is 5.86. The van der Waals surface area contributed by atoms with Crippen molar-refractivity contribution < 1.29 is 19.1 Å². The average molecular weight is 242 g/mol. The highest BCUT2D eigenvalue weighted by Crippen LogP contribution is 2.23. The molecule has 0 rings (SSSR count). The van der Waals surface area contributed by atoms with Gasteiger partial charge in [-0.3, -0.25) is 14.4 Å². The molecule has 4 nitrogen and oxygen atoms in total. The van der Waals surface area contributed by atoms with Crippen LogP contribution in [0.15, 0.2) is 0 Å². The predicted octanol–water partition coefficient (Wildman–Crippen LogP) is 2.15. The molecule has 0 aromatic carbocycles. The summed E-state index contributed by atoms with van der Waals surface area (Å²) in [5.74, 6) is -1.92. The molecule has 0 saturated heterocycles. The molecule has 0 amide bonds. The van der Waals surface area contributed by atoms with Gasteiger partial charge in [-0.25, -0.2) is 0 Å². The number of Topliss-reactive ketones (excluding diaryl/α,β-unsaturated/α-hetero) is 2. The molecule has 0 aromatic rings. The molecule has 0 aromatic heterocycles. The number of hydrogen-bond donors (Lipinski definition) is 0. The maximum atomic E-state index is 12.0. The number of carbonyl (C=O) groups excluding carboxylic acids is 3. The molecule has 1 unspecified atom stereocenters. The van der Waals surface area contributed by atoms with E-state index in [1.807, 2.05) is 20.8 Å². The monoisotopic (exact) mass is 242 g/mol. The van der Waals surface area contributed by atoms with Crippen molar-refractivity contribution in [1.82, 2.24) is 0 Å². The van der Waals surface area contributed by atoms with Crippen molar-refractivity contribution in [2.45, 2.75) is 47.5 Å². The van der Waals surface area contributed by atoms with Gasteiger partial charge < -0.3 is 4.74 Å². The van der Waals surface area contributed by atoms with E-state index in [0.29, 0.717) is 0 Å². The Hall–Kier alpha value is -1.19. The zero-order valence-corrected chi connectivity index (χ0v) is 11.3. The van der Waals surface area contributed by atoms with Crippen LogP contribution in [0.3, 0.4) is 0 Å². The summed E-state index contributed by atoms with van der Waals surface area (Å²) in [4.78, 5) is 34.6. The molecule has 17 heavy (non-hydrogen) atoms. The number of rotatable bonds is 6. The van der Waals surface area contributed by atoms with Crippen LogP contribution in [-0.2, 0) is 19.1 Å². The summed E-state index contributed by atoms with van der Waals surface area (Å²) in [6.45, 7) is 9.02. The van der Waals surface area contributed by atoms with Crippen molar-refractivity contribution >= 4 is 17.5 Å². The molecule has 0 aliphatic heterocycles.